The summed E-state index contributed by atoms with van der Waals surface area (Å²) in [6.07, 6.45) is 5.56. The third kappa shape index (κ3) is 3.41. The molecule has 136 valence electrons. The van der Waals surface area contributed by atoms with Crippen LogP contribution in [-0.4, -0.2) is 47.5 Å². The number of hydrogen-bond acceptors (Lipinski definition) is 5. The highest BCUT2D eigenvalue weighted by Crippen LogP contribution is 2.32. The van der Waals surface area contributed by atoms with Crippen LogP contribution in [0.15, 0.2) is 42.7 Å². The number of sulfonamides is 1. The number of nitrogens with zero attached hydrogens (tertiary/aromatic N) is 3. The molecule has 2 heterocycles. The zero-order valence-corrected chi connectivity index (χ0v) is 15.0. The van der Waals surface area contributed by atoms with Gasteiger partial charge in [-0.2, -0.15) is 0 Å². The highest BCUT2D eigenvalue weighted by atomic mass is 32.2. The molecular formula is C18H20N4O3S. The van der Waals surface area contributed by atoms with Crippen LogP contribution in [0, 0.1) is 0 Å². The Morgan fingerprint density at radius 3 is 2.54 bits per heavy atom. The van der Waals surface area contributed by atoms with Crippen molar-refractivity contribution in [1.29, 1.82) is 0 Å². The van der Waals surface area contributed by atoms with Crippen molar-refractivity contribution in [2.24, 2.45) is 0 Å². The van der Waals surface area contributed by atoms with Crippen LogP contribution in [0.2, 0.25) is 0 Å². The number of hydrogen-bond donors (Lipinski definition) is 1. The van der Waals surface area contributed by atoms with Crippen molar-refractivity contribution < 1.29 is 13.2 Å². The highest BCUT2D eigenvalue weighted by molar-refractivity contribution is 7.93. The normalized spacial score (nSPS) is 20.2. The molecule has 1 aliphatic heterocycles. The van der Waals surface area contributed by atoms with Crippen LogP contribution in [-0.2, 0) is 10.0 Å². The molecule has 1 unspecified atom stereocenters. The fourth-order valence-corrected chi connectivity index (χ4v) is 4.63. The van der Waals surface area contributed by atoms with Gasteiger partial charge in [-0.25, -0.2) is 18.4 Å². The Balaban J connectivity index is 1.52. The van der Waals surface area contributed by atoms with E-state index in [4.69, 9.17) is 0 Å². The number of carbonyl (C=O) groups is 1. The van der Waals surface area contributed by atoms with Crippen LogP contribution >= 0.6 is 0 Å². The molecule has 0 radical (unpaired) electrons. The van der Waals surface area contributed by atoms with Crippen LogP contribution in [0.5, 0.6) is 0 Å². The van der Waals surface area contributed by atoms with E-state index in [-0.39, 0.29) is 17.1 Å². The molecular weight excluding hydrogens is 352 g/mol. The van der Waals surface area contributed by atoms with E-state index in [0.717, 1.165) is 12.2 Å². The summed E-state index contributed by atoms with van der Waals surface area (Å²) in [5.41, 5.74) is 0.732. The molecule has 2 fully saturated rings. The van der Waals surface area contributed by atoms with Gasteiger partial charge in [-0.15, -0.1) is 0 Å². The molecule has 26 heavy (non-hydrogen) atoms. The van der Waals surface area contributed by atoms with Crippen molar-refractivity contribution in [3.8, 4) is 0 Å². The second-order valence-electron chi connectivity index (χ2n) is 6.74. The molecule has 1 aromatic heterocycles. The maximum Gasteiger partial charge on any atom is 0.256 e. The van der Waals surface area contributed by atoms with Crippen molar-refractivity contribution in [2.75, 3.05) is 17.8 Å². The van der Waals surface area contributed by atoms with E-state index in [1.54, 1.807) is 47.6 Å². The van der Waals surface area contributed by atoms with Crippen LogP contribution in [0.4, 0.5) is 5.69 Å². The maximum absolute atomic E-state index is 13.0. The number of amides is 1. The molecule has 0 spiro atoms. The Morgan fingerprint density at radius 2 is 1.81 bits per heavy atom. The molecule has 1 aromatic carbocycles. The van der Waals surface area contributed by atoms with Crippen molar-refractivity contribution >= 4 is 21.6 Å². The number of nitrogens with one attached hydrogen (secondary N) is 1. The predicted molar refractivity (Wildman–Crippen MR) is 97.3 cm³/mol. The summed E-state index contributed by atoms with van der Waals surface area (Å²) in [7, 11) is -3.41. The molecule has 1 saturated carbocycles. The number of para-hydroxylation sites is 1. The van der Waals surface area contributed by atoms with Gasteiger partial charge in [0.15, 0.2) is 0 Å². The Labute approximate surface area is 152 Å². The number of benzene rings is 1. The van der Waals surface area contributed by atoms with E-state index in [2.05, 4.69) is 14.7 Å². The monoisotopic (exact) mass is 372 g/mol. The first-order chi connectivity index (χ1) is 12.5. The first-order valence-corrected chi connectivity index (χ1v) is 10.3. The molecule has 1 N–H and O–H groups in total. The summed E-state index contributed by atoms with van der Waals surface area (Å²) >= 11 is 0. The summed E-state index contributed by atoms with van der Waals surface area (Å²) in [6.45, 7) is 1.14. The zero-order chi connectivity index (χ0) is 18.1. The van der Waals surface area contributed by atoms with Gasteiger partial charge in [-0.1, -0.05) is 12.1 Å². The van der Waals surface area contributed by atoms with Gasteiger partial charge in [0.25, 0.3) is 5.91 Å². The minimum atomic E-state index is -3.41. The molecule has 1 saturated heterocycles. The Hall–Kier alpha value is -2.48. The molecule has 4 rings (SSSR count). The summed E-state index contributed by atoms with van der Waals surface area (Å²) in [5, 5.41) is -0.336. The summed E-state index contributed by atoms with van der Waals surface area (Å²) < 4.78 is 27.1. The van der Waals surface area contributed by atoms with Crippen molar-refractivity contribution in [3.63, 3.8) is 0 Å². The van der Waals surface area contributed by atoms with Crippen LogP contribution in [0.3, 0.4) is 0 Å². The van der Waals surface area contributed by atoms with E-state index < -0.39 is 10.0 Å². The predicted octanol–water partition coefficient (Wildman–Crippen LogP) is 2.01. The number of carbonyl (C=O) groups excluding carboxylic acids is 1. The van der Waals surface area contributed by atoms with Gasteiger partial charge in [0.2, 0.25) is 10.0 Å². The molecule has 2 aliphatic rings. The van der Waals surface area contributed by atoms with E-state index in [1.807, 2.05) is 0 Å². The van der Waals surface area contributed by atoms with Gasteiger partial charge in [-0.3, -0.25) is 9.52 Å². The highest BCUT2D eigenvalue weighted by Gasteiger charge is 2.37. The number of anilines is 1. The third-order valence-electron chi connectivity index (χ3n) is 4.80. The number of likely N-dealkylation sites (tertiary alicyclic amines) is 1. The molecule has 8 heteroatoms. The van der Waals surface area contributed by atoms with E-state index in [0.29, 0.717) is 37.2 Å². The van der Waals surface area contributed by atoms with Gasteiger partial charge < -0.3 is 4.90 Å². The second kappa shape index (κ2) is 6.68. The molecule has 1 amide bonds. The average Bonchev–Trinajstić information content (AvgIpc) is 3.41. The molecule has 1 atom stereocenters. The third-order valence-corrected chi connectivity index (χ3v) is 6.65. The van der Waals surface area contributed by atoms with Gasteiger partial charge in [-0.05, 0) is 37.5 Å². The summed E-state index contributed by atoms with van der Waals surface area (Å²) in [6, 6.07) is 8.55. The molecule has 0 bridgehead atoms. The lowest BCUT2D eigenvalue weighted by atomic mass is 10.1. The Bertz CT molecular complexity index is 913. The topological polar surface area (TPSA) is 92.3 Å². The number of rotatable bonds is 5. The van der Waals surface area contributed by atoms with Gasteiger partial charge in [0, 0.05) is 31.4 Å². The van der Waals surface area contributed by atoms with Gasteiger partial charge in [0.1, 0.15) is 5.82 Å². The standard InChI is InChI=1S/C18H20N4O3S/c23-18(22-11-8-13(12-22)17-19-9-3-10-20-17)15-4-1-2-5-16(15)21-26(24,25)14-6-7-14/h1-5,9-10,13-14,21H,6-8,11-12H2. The minimum Gasteiger partial charge on any atom is -0.338 e. The summed E-state index contributed by atoms with van der Waals surface area (Å²) in [5.74, 6) is 0.679. The van der Waals surface area contributed by atoms with Gasteiger partial charge >= 0.3 is 0 Å². The lowest BCUT2D eigenvalue weighted by Crippen LogP contribution is -2.30. The maximum atomic E-state index is 13.0. The van der Waals surface area contributed by atoms with E-state index in [1.165, 1.54) is 0 Å². The van der Waals surface area contributed by atoms with Crippen LogP contribution in [0.25, 0.3) is 0 Å². The smallest absolute Gasteiger partial charge is 0.256 e. The average molecular weight is 372 g/mol. The van der Waals surface area contributed by atoms with Crippen LogP contribution < -0.4 is 4.72 Å². The SMILES string of the molecule is O=C(c1ccccc1NS(=O)(=O)C1CC1)N1CCC(c2ncccn2)C1. The first-order valence-electron chi connectivity index (χ1n) is 8.71. The molecule has 2 aromatic rings. The van der Waals surface area contributed by atoms with Crippen molar-refractivity contribution in [1.82, 2.24) is 14.9 Å². The Morgan fingerprint density at radius 1 is 1.08 bits per heavy atom. The fraction of sp³-hybridized carbons (Fsp3) is 0.389. The van der Waals surface area contributed by atoms with Crippen molar-refractivity contribution in [3.05, 3.63) is 54.1 Å². The fourth-order valence-electron chi connectivity index (χ4n) is 3.22. The quantitative estimate of drug-likeness (QED) is 0.867. The first kappa shape index (κ1) is 17.0. The lowest BCUT2D eigenvalue weighted by Gasteiger charge is -2.19. The van der Waals surface area contributed by atoms with E-state index >= 15 is 0 Å². The van der Waals surface area contributed by atoms with Crippen molar-refractivity contribution in [2.45, 2.75) is 30.4 Å². The van der Waals surface area contributed by atoms with E-state index in [9.17, 15) is 13.2 Å². The molecule has 1 aliphatic carbocycles. The largest absolute Gasteiger partial charge is 0.338 e. The van der Waals surface area contributed by atoms with Crippen LogP contribution in [0.1, 0.15) is 41.4 Å². The zero-order valence-electron chi connectivity index (χ0n) is 14.2. The lowest BCUT2D eigenvalue weighted by molar-refractivity contribution is 0.0791. The number of aromatic nitrogens is 2. The molecule has 7 nitrogen and oxygen atoms in total. The second-order valence-corrected chi connectivity index (χ2v) is 8.70. The minimum absolute atomic E-state index is 0.107. The summed E-state index contributed by atoms with van der Waals surface area (Å²) in [4.78, 5) is 23.3. The Kier molecular flexibility index (Phi) is 4.36. The van der Waals surface area contributed by atoms with Gasteiger partial charge in [0.05, 0.1) is 16.5 Å².